The van der Waals surface area contributed by atoms with Gasteiger partial charge in [0.2, 0.25) is 0 Å². The number of nitrogens with one attached hydrogen (secondary N) is 1. The molecule has 1 aliphatic heterocycles. The molecule has 1 aromatic heterocycles. The highest BCUT2D eigenvalue weighted by Gasteiger charge is 2.21. The van der Waals surface area contributed by atoms with E-state index < -0.39 is 0 Å². The van der Waals surface area contributed by atoms with E-state index in [-0.39, 0.29) is 0 Å². The normalized spacial score (nSPS) is 21.4. The van der Waals surface area contributed by atoms with Crippen molar-refractivity contribution < 1.29 is 0 Å². The standard InChI is InChI=1S/C12H21N3/c1-3-11(4-2)15-9-14-8-12(15)10-5-6-13-7-10/h8-11,13H,3-7H2,1-2H3. The maximum Gasteiger partial charge on any atom is 0.0950 e. The van der Waals surface area contributed by atoms with Crippen molar-refractivity contribution in [2.45, 2.75) is 45.1 Å². The predicted molar refractivity (Wildman–Crippen MR) is 62.1 cm³/mol. The number of hydrogen-bond donors (Lipinski definition) is 1. The van der Waals surface area contributed by atoms with Crippen LogP contribution < -0.4 is 5.32 Å². The summed E-state index contributed by atoms with van der Waals surface area (Å²) in [6.45, 7) is 6.78. The molecule has 3 heteroatoms. The van der Waals surface area contributed by atoms with Crippen LogP contribution in [0, 0.1) is 0 Å². The summed E-state index contributed by atoms with van der Waals surface area (Å²) >= 11 is 0. The summed E-state index contributed by atoms with van der Waals surface area (Å²) < 4.78 is 2.39. The molecule has 0 saturated carbocycles. The lowest BCUT2D eigenvalue weighted by Crippen LogP contribution is -2.14. The minimum Gasteiger partial charge on any atom is -0.331 e. The molecule has 0 aromatic carbocycles. The lowest BCUT2D eigenvalue weighted by atomic mass is 10.0. The van der Waals surface area contributed by atoms with Crippen molar-refractivity contribution in [2.75, 3.05) is 13.1 Å². The molecule has 15 heavy (non-hydrogen) atoms. The zero-order chi connectivity index (χ0) is 10.7. The Bertz CT molecular complexity index is 279. The van der Waals surface area contributed by atoms with Crippen molar-refractivity contribution in [3.8, 4) is 0 Å². The van der Waals surface area contributed by atoms with E-state index in [1.54, 1.807) is 0 Å². The molecular weight excluding hydrogens is 186 g/mol. The van der Waals surface area contributed by atoms with Gasteiger partial charge < -0.3 is 9.88 Å². The molecule has 0 spiro atoms. The lowest BCUT2D eigenvalue weighted by Gasteiger charge is -2.20. The fourth-order valence-electron chi connectivity index (χ4n) is 2.53. The summed E-state index contributed by atoms with van der Waals surface area (Å²) in [6, 6.07) is 0.628. The van der Waals surface area contributed by atoms with Crippen LogP contribution in [-0.4, -0.2) is 22.6 Å². The van der Waals surface area contributed by atoms with Crippen LogP contribution in [0.5, 0.6) is 0 Å². The SMILES string of the molecule is CCC(CC)n1cncc1C1CCNC1. The van der Waals surface area contributed by atoms with E-state index in [0.717, 1.165) is 13.1 Å². The van der Waals surface area contributed by atoms with E-state index in [2.05, 4.69) is 34.9 Å². The minimum absolute atomic E-state index is 0.628. The highest BCUT2D eigenvalue weighted by molar-refractivity contribution is 5.10. The fourth-order valence-corrected chi connectivity index (χ4v) is 2.53. The Labute approximate surface area is 91.9 Å². The molecule has 1 aliphatic rings. The van der Waals surface area contributed by atoms with E-state index >= 15 is 0 Å². The van der Waals surface area contributed by atoms with Gasteiger partial charge in [0.05, 0.1) is 6.33 Å². The third-order valence-electron chi connectivity index (χ3n) is 3.51. The molecule has 1 aromatic rings. The molecule has 3 nitrogen and oxygen atoms in total. The number of imidazole rings is 1. The summed E-state index contributed by atoms with van der Waals surface area (Å²) in [7, 11) is 0. The fraction of sp³-hybridized carbons (Fsp3) is 0.750. The predicted octanol–water partition coefficient (Wildman–Crippen LogP) is 2.32. The number of aromatic nitrogens is 2. The highest BCUT2D eigenvalue weighted by atomic mass is 15.1. The van der Waals surface area contributed by atoms with Crippen LogP contribution in [0.2, 0.25) is 0 Å². The average Bonchev–Trinajstić information content (AvgIpc) is 2.88. The summed E-state index contributed by atoms with van der Waals surface area (Å²) in [6.07, 6.45) is 7.70. The maximum absolute atomic E-state index is 4.32. The van der Waals surface area contributed by atoms with Crippen LogP contribution >= 0.6 is 0 Å². The minimum atomic E-state index is 0.628. The van der Waals surface area contributed by atoms with Crippen LogP contribution in [0.1, 0.15) is 50.8 Å². The summed E-state index contributed by atoms with van der Waals surface area (Å²) in [5.41, 5.74) is 1.42. The van der Waals surface area contributed by atoms with E-state index in [9.17, 15) is 0 Å². The zero-order valence-electron chi connectivity index (χ0n) is 9.74. The monoisotopic (exact) mass is 207 g/mol. The first-order valence-electron chi connectivity index (χ1n) is 6.09. The Kier molecular flexibility index (Phi) is 3.41. The van der Waals surface area contributed by atoms with Crippen molar-refractivity contribution in [3.63, 3.8) is 0 Å². The van der Waals surface area contributed by atoms with Gasteiger partial charge in [-0.3, -0.25) is 0 Å². The van der Waals surface area contributed by atoms with Crippen molar-refractivity contribution in [1.29, 1.82) is 0 Å². The van der Waals surface area contributed by atoms with Gasteiger partial charge in [0, 0.05) is 30.4 Å². The van der Waals surface area contributed by atoms with Crippen molar-refractivity contribution in [1.82, 2.24) is 14.9 Å². The van der Waals surface area contributed by atoms with E-state index in [1.165, 1.54) is 25.0 Å². The number of rotatable bonds is 4. The molecule has 1 atom stereocenters. The zero-order valence-corrected chi connectivity index (χ0v) is 9.74. The molecule has 0 aliphatic carbocycles. The molecule has 1 saturated heterocycles. The Morgan fingerprint density at radius 1 is 1.53 bits per heavy atom. The van der Waals surface area contributed by atoms with Gasteiger partial charge in [-0.25, -0.2) is 4.98 Å². The number of hydrogen-bond acceptors (Lipinski definition) is 2. The second-order valence-electron chi connectivity index (χ2n) is 4.39. The summed E-state index contributed by atoms with van der Waals surface area (Å²) in [4.78, 5) is 4.32. The van der Waals surface area contributed by atoms with Crippen LogP contribution in [-0.2, 0) is 0 Å². The lowest BCUT2D eigenvalue weighted by molar-refractivity contribution is 0.447. The Morgan fingerprint density at radius 3 is 2.93 bits per heavy atom. The second-order valence-corrected chi connectivity index (χ2v) is 4.39. The molecule has 1 unspecified atom stereocenters. The summed E-state index contributed by atoms with van der Waals surface area (Å²) in [5.74, 6) is 0.674. The van der Waals surface area contributed by atoms with Crippen LogP contribution in [0.25, 0.3) is 0 Å². The molecular formula is C12H21N3. The van der Waals surface area contributed by atoms with Gasteiger partial charge in [0.1, 0.15) is 0 Å². The molecule has 0 radical (unpaired) electrons. The van der Waals surface area contributed by atoms with Gasteiger partial charge in [-0.15, -0.1) is 0 Å². The maximum atomic E-state index is 4.32. The van der Waals surface area contributed by atoms with E-state index in [1.807, 2.05) is 6.33 Å². The molecule has 2 rings (SSSR count). The summed E-state index contributed by atoms with van der Waals surface area (Å²) in [5, 5.41) is 3.42. The number of nitrogens with zero attached hydrogens (tertiary/aromatic N) is 2. The van der Waals surface area contributed by atoms with Gasteiger partial charge in [-0.1, -0.05) is 13.8 Å². The Morgan fingerprint density at radius 2 is 2.33 bits per heavy atom. The third kappa shape index (κ3) is 2.07. The largest absolute Gasteiger partial charge is 0.331 e. The molecule has 84 valence electrons. The average molecular weight is 207 g/mol. The second kappa shape index (κ2) is 4.79. The molecule has 1 fully saturated rings. The van der Waals surface area contributed by atoms with Crippen LogP contribution in [0.3, 0.4) is 0 Å². The van der Waals surface area contributed by atoms with Gasteiger partial charge in [-0.2, -0.15) is 0 Å². The van der Waals surface area contributed by atoms with Crippen molar-refractivity contribution in [3.05, 3.63) is 18.2 Å². The van der Waals surface area contributed by atoms with E-state index in [0.29, 0.717) is 12.0 Å². The Hall–Kier alpha value is -0.830. The van der Waals surface area contributed by atoms with Gasteiger partial charge in [0.25, 0.3) is 0 Å². The topological polar surface area (TPSA) is 29.9 Å². The van der Waals surface area contributed by atoms with Crippen LogP contribution in [0.15, 0.2) is 12.5 Å². The quantitative estimate of drug-likeness (QED) is 0.821. The highest BCUT2D eigenvalue weighted by Crippen LogP contribution is 2.26. The third-order valence-corrected chi connectivity index (χ3v) is 3.51. The van der Waals surface area contributed by atoms with Crippen molar-refractivity contribution in [2.24, 2.45) is 0 Å². The molecule has 0 bridgehead atoms. The van der Waals surface area contributed by atoms with Crippen molar-refractivity contribution >= 4 is 0 Å². The Balaban J connectivity index is 2.20. The van der Waals surface area contributed by atoms with E-state index in [4.69, 9.17) is 0 Å². The molecule has 2 heterocycles. The smallest absolute Gasteiger partial charge is 0.0950 e. The first kappa shape index (κ1) is 10.7. The molecule has 1 N–H and O–H groups in total. The first-order chi connectivity index (χ1) is 7.36. The van der Waals surface area contributed by atoms with Gasteiger partial charge >= 0.3 is 0 Å². The molecule has 0 amide bonds. The van der Waals surface area contributed by atoms with Crippen LogP contribution in [0.4, 0.5) is 0 Å². The van der Waals surface area contributed by atoms with Gasteiger partial charge in [0.15, 0.2) is 0 Å². The van der Waals surface area contributed by atoms with Gasteiger partial charge in [-0.05, 0) is 25.8 Å². The first-order valence-corrected chi connectivity index (χ1v) is 6.09.